The molecule has 14 nitrogen and oxygen atoms in total. The van der Waals surface area contributed by atoms with Crippen molar-refractivity contribution in [3.05, 3.63) is 100 Å². The number of nitrogen functional groups attached to an aromatic ring is 1. The number of rotatable bonds is 12. The number of amides is 2. The maximum absolute atomic E-state index is 13.1. The minimum absolute atomic E-state index is 0.0897. The molecular weight excluding hydrogens is 642 g/mol. The molecular formula is C36H35N7O7. The first-order chi connectivity index (χ1) is 24.3. The third-order valence-corrected chi connectivity index (χ3v) is 8.18. The Labute approximate surface area is 286 Å². The van der Waals surface area contributed by atoms with Gasteiger partial charge in [0.25, 0.3) is 0 Å². The van der Waals surface area contributed by atoms with Crippen molar-refractivity contribution in [1.82, 2.24) is 29.2 Å². The van der Waals surface area contributed by atoms with E-state index in [2.05, 4.69) is 27.2 Å². The van der Waals surface area contributed by atoms with E-state index >= 15 is 0 Å². The quantitative estimate of drug-likeness (QED) is 0.0865. The van der Waals surface area contributed by atoms with Crippen LogP contribution in [-0.4, -0.2) is 68.1 Å². The molecule has 1 aliphatic rings. The first kappa shape index (κ1) is 33.8. The number of pyridine rings is 1. The molecule has 2 amide bonds. The number of esters is 1. The van der Waals surface area contributed by atoms with Gasteiger partial charge in [-0.25, -0.2) is 14.6 Å². The first-order valence-electron chi connectivity index (χ1n) is 16.0. The number of piperidine rings is 1. The lowest BCUT2D eigenvalue weighted by molar-refractivity contribution is -0.135. The zero-order valence-corrected chi connectivity index (χ0v) is 27.3. The molecule has 5 aromatic rings. The van der Waals surface area contributed by atoms with E-state index in [1.54, 1.807) is 48.4 Å². The lowest BCUT2D eigenvalue weighted by Gasteiger charge is -2.21. The van der Waals surface area contributed by atoms with Gasteiger partial charge in [0.2, 0.25) is 11.8 Å². The molecule has 3 N–H and O–H groups in total. The molecule has 14 heteroatoms. The van der Waals surface area contributed by atoms with Crippen LogP contribution in [0.3, 0.4) is 0 Å². The number of imidazole rings is 1. The molecule has 2 aromatic carbocycles. The van der Waals surface area contributed by atoms with E-state index in [-0.39, 0.29) is 49.0 Å². The van der Waals surface area contributed by atoms with Gasteiger partial charge in [0.05, 0.1) is 49.2 Å². The fourth-order valence-corrected chi connectivity index (χ4v) is 5.63. The topological polar surface area (TPSA) is 175 Å². The number of carbonyl (C=O) groups is 3. The van der Waals surface area contributed by atoms with E-state index in [4.69, 9.17) is 19.9 Å². The van der Waals surface area contributed by atoms with E-state index < -0.39 is 17.9 Å². The fourth-order valence-electron chi connectivity index (χ4n) is 5.63. The van der Waals surface area contributed by atoms with Gasteiger partial charge < -0.3 is 19.9 Å². The second-order valence-corrected chi connectivity index (χ2v) is 11.5. The van der Waals surface area contributed by atoms with Crippen LogP contribution >= 0.6 is 0 Å². The largest absolute Gasteiger partial charge is 0.457 e. The summed E-state index contributed by atoms with van der Waals surface area (Å²) in [6.45, 7) is 1.85. The average molecular weight is 678 g/mol. The molecule has 50 heavy (non-hydrogen) atoms. The van der Waals surface area contributed by atoms with E-state index in [0.717, 1.165) is 11.1 Å². The van der Waals surface area contributed by atoms with Crippen LogP contribution in [0.1, 0.15) is 40.4 Å². The standard InChI is InChI=1S/C36H35N7O7/c1-41-32-25(9-5-11-29(32)43(36(41)47)30-12-13-31(44)40-34(30)45)10-6-15-48-17-18-49-16-14-42-22-27(21-39-42)26-19-28(33(37)38-20-26)35(46)50-23-24-7-3-2-4-8-24/h2-5,7-9,11,19-22,30H,12-18,23H2,1H3,(H2,37,38)(H,40,44,45). The summed E-state index contributed by atoms with van der Waals surface area (Å²) in [6, 6.07) is 15.6. The monoisotopic (exact) mass is 677 g/mol. The van der Waals surface area contributed by atoms with E-state index in [0.29, 0.717) is 48.5 Å². The van der Waals surface area contributed by atoms with Crippen LogP contribution in [0.2, 0.25) is 0 Å². The van der Waals surface area contributed by atoms with Crippen LogP contribution in [0, 0.1) is 11.8 Å². The van der Waals surface area contributed by atoms with Gasteiger partial charge in [0.1, 0.15) is 30.6 Å². The Bertz CT molecular complexity index is 2160. The number of ether oxygens (including phenoxy) is 3. The summed E-state index contributed by atoms with van der Waals surface area (Å²) < 4.78 is 21.3. The Morgan fingerprint density at radius 3 is 2.66 bits per heavy atom. The molecule has 1 unspecified atom stereocenters. The number of para-hydroxylation sites is 1. The van der Waals surface area contributed by atoms with Crippen LogP contribution in [-0.2, 0) is 44.0 Å². The molecule has 0 bridgehead atoms. The summed E-state index contributed by atoms with van der Waals surface area (Å²) in [7, 11) is 1.63. The lowest BCUT2D eigenvalue weighted by atomic mass is 10.1. The maximum atomic E-state index is 13.1. The number of fused-ring (bicyclic) bond motifs is 1. The number of nitrogens with one attached hydrogen (secondary N) is 1. The van der Waals surface area contributed by atoms with Crippen molar-refractivity contribution >= 4 is 34.6 Å². The second kappa shape index (κ2) is 15.5. The van der Waals surface area contributed by atoms with Crippen molar-refractivity contribution in [2.75, 3.05) is 32.2 Å². The van der Waals surface area contributed by atoms with Gasteiger partial charge in [-0.2, -0.15) is 5.10 Å². The molecule has 6 rings (SSSR count). The van der Waals surface area contributed by atoms with Crippen LogP contribution in [0.4, 0.5) is 5.82 Å². The van der Waals surface area contributed by atoms with Crippen LogP contribution in [0.5, 0.6) is 0 Å². The van der Waals surface area contributed by atoms with E-state index in [1.165, 1.54) is 9.13 Å². The number of carbonyl (C=O) groups excluding carboxylic acids is 3. The van der Waals surface area contributed by atoms with Crippen LogP contribution in [0.15, 0.2) is 78.0 Å². The first-order valence-corrected chi connectivity index (χ1v) is 16.0. The lowest BCUT2D eigenvalue weighted by Crippen LogP contribution is -2.44. The van der Waals surface area contributed by atoms with Crippen molar-refractivity contribution in [3.8, 4) is 23.0 Å². The highest BCUT2D eigenvalue weighted by Gasteiger charge is 2.31. The molecule has 4 heterocycles. The molecule has 1 fully saturated rings. The molecule has 0 spiro atoms. The van der Waals surface area contributed by atoms with E-state index in [9.17, 15) is 19.2 Å². The number of anilines is 1. The molecule has 1 aliphatic heterocycles. The van der Waals surface area contributed by atoms with Crippen molar-refractivity contribution in [2.45, 2.75) is 32.0 Å². The summed E-state index contributed by atoms with van der Waals surface area (Å²) in [5.41, 5.74) is 9.92. The van der Waals surface area contributed by atoms with Gasteiger partial charge in [-0.3, -0.25) is 28.7 Å². The number of hydrogen-bond acceptors (Lipinski definition) is 10. The van der Waals surface area contributed by atoms with Gasteiger partial charge in [-0.1, -0.05) is 48.2 Å². The zero-order chi connectivity index (χ0) is 35.0. The summed E-state index contributed by atoms with van der Waals surface area (Å²) in [4.78, 5) is 54.0. The second-order valence-electron chi connectivity index (χ2n) is 11.5. The van der Waals surface area contributed by atoms with Gasteiger partial charge in [0, 0.05) is 37.0 Å². The number of aromatic nitrogens is 5. The van der Waals surface area contributed by atoms with Crippen molar-refractivity contribution in [1.29, 1.82) is 0 Å². The van der Waals surface area contributed by atoms with Crippen molar-refractivity contribution in [2.24, 2.45) is 7.05 Å². The van der Waals surface area contributed by atoms with Gasteiger partial charge >= 0.3 is 11.7 Å². The Morgan fingerprint density at radius 1 is 1.02 bits per heavy atom. The SMILES string of the molecule is Cn1c(=O)n(C2CCC(=O)NC2=O)c2cccc(C#CCOCCOCCn3cc(-c4cnc(N)c(C(=O)OCc5ccccc5)c4)cn3)c21. The molecule has 256 valence electrons. The highest BCUT2D eigenvalue weighted by Crippen LogP contribution is 2.25. The minimum atomic E-state index is -0.761. The normalized spacial score (nSPS) is 14.3. The highest BCUT2D eigenvalue weighted by molar-refractivity contribution is 6.00. The fraction of sp³-hybridized carbons (Fsp3) is 0.278. The number of nitrogens with zero attached hydrogens (tertiary/aromatic N) is 5. The molecule has 0 aliphatic carbocycles. The molecule has 1 saturated heterocycles. The Hall–Kier alpha value is -6.04. The number of nitrogens with two attached hydrogens (primary N) is 1. The summed E-state index contributed by atoms with van der Waals surface area (Å²) in [5, 5.41) is 6.69. The number of imide groups is 1. The zero-order valence-electron chi connectivity index (χ0n) is 27.3. The van der Waals surface area contributed by atoms with Gasteiger partial charge in [0.15, 0.2) is 0 Å². The highest BCUT2D eigenvalue weighted by atomic mass is 16.5. The molecule has 0 saturated carbocycles. The Kier molecular flexibility index (Phi) is 10.5. The van der Waals surface area contributed by atoms with Crippen LogP contribution < -0.4 is 16.7 Å². The predicted octanol–water partition coefficient (Wildman–Crippen LogP) is 2.60. The Morgan fingerprint density at radius 2 is 1.84 bits per heavy atom. The summed E-state index contributed by atoms with van der Waals surface area (Å²) in [6.07, 6.45) is 5.52. The van der Waals surface area contributed by atoms with Gasteiger partial charge in [-0.05, 0) is 30.2 Å². The van der Waals surface area contributed by atoms with Crippen molar-refractivity contribution < 1.29 is 28.6 Å². The molecule has 1 atom stereocenters. The third kappa shape index (κ3) is 7.64. The van der Waals surface area contributed by atoms with Crippen molar-refractivity contribution in [3.63, 3.8) is 0 Å². The predicted molar refractivity (Wildman–Crippen MR) is 183 cm³/mol. The summed E-state index contributed by atoms with van der Waals surface area (Å²) in [5.74, 6) is 4.75. The maximum Gasteiger partial charge on any atom is 0.342 e. The average Bonchev–Trinajstić information content (AvgIpc) is 3.69. The number of hydrogen-bond donors (Lipinski definition) is 2. The van der Waals surface area contributed by atoms with E-state index in [1.807, 2.05) is 36.5 Å². The van der Waals surface area contributed by atoms with Crippen LogP contribution in [0.25, 0.3) is 22.2 Å². The molecule has 3 aromatic heterocycles. The number of benzene rings is 2. The molecule has 0 radical (unpaired) electrons. The minimum Gasteiger partial charge on any atom is -0.457 e. The Balaban J connectivity index is 0.953. The van der Waals surface area contributed by atoms with Gasteiger partial charge in [-0.15, -0.1) is 0 Å². The summed E-state index contributed by atoms with van der Waals surface area (Å²) >= 11 is 0. The third-order valence-electron chi connectivity index (χ3n) is 8.18. The smallest absolute Gasteiger partial charge is 0.342 e. The number of aryl methyl sites for hydroxylation is 1.